The minimum Gasteiger partial charge on any atom is -0.469 e. The van der Waals surface area contributed by atoms with E-state index in [9.17, 15) is 14.4 Å². The summed E-state index contributed by atoms with van der Waals surface area (Å²) < 4.78 is 4.43. The molecule has 0 atom stereocenters. The molecule has 6 nitrogen and oxygen atoms in total. The molecular formula is C13H14N2O4. The summed E-state index contributed by atoms with van der Waals surface area (Å²) in [5, 5.41) is 2.97. The average Bonchev–Trinajstić information content (AvgIpc) is 2.73. The molecule has 1 aromatic carbocycles. The molecule has 0 spiro atoms. The van der Waals surface area contributed by atoms with Crippen LogP contribution in [-0.2, 0) is 25.5 Å². The standard InChI is InChI=1S/C13H14N2O4/c1-14-9-3-4-10-8(5-9)6-11(16)15(10)12(17)7-13(18)19-2/h3-5,14H,6-7H2,1-2H3. The van der Waals surface area contributed by atoms with Crippen molar-refractivity contribution in [2.75, 3.05) is 24.4 Å². The second-order valence-electron chi connectivity index (χ2n) is 4.15. The fourth-order valence-electron chi connectivity index (χ4n) is 2.03. The first-order valence-corrected chi connectivity index (χ1v) is 5.80. The van der Waals surface area contributed by atoms with Gasteiger partial charge in [-0.1, -0.05) is 0 Å². The van der Waals surface area contributed by atoms with Crippen molar-refractivity contribution in [1.29, 1.82) is 0 Å². The number of nitrogens with zero attached hydrogens (tertiary/aromatic N) is 1. The molecule has 1 N–H and O–H groups in total. The van der Waals surface area contributed by atoms with Crippen molar-refractivity contribution in [1.82, 2.24) is 0 Å². The van der Waals surface area contributed by atoms with E-state index in [0.29, 0.717) is 5.69 Å². The monoisotopic (exact) mass is 262 g/mol. The van der Waals surface area contributed by atoms with E-state index >= 15 is 0 Å². The van der Waals surface area contributed by atoms with E-state index in [0.717, 1.165) is 16.2 Å². The summed E-state index contributed by atoms with van der Waals surface area (Å²) >= 11 is 0. The number of imide groups is 1. The van der Waals surface area contributed by atoms with Gasteiger partial charge in [0.25, 0.3) is 0 Å². The van der Waals surface area contributed by atoms with E-state index in [1.165, 1.54) is 7.11 Å². The molecule has 6 heteroatoms. The van der Waals surface area contributed by atoms with E-state index in [2.05, 4.69) is 10.1 Å². The predicted octanol–water partition coefficient (Wildman–Crippen LogP) is 0.707. The molecule has 1 aliphatic heterocycles. The van der Waals surface area contributed by atoms with Gasteiger partial charge in [-0.3, -0.25) is 14.4 Å². The topological polar surface area (TPSA) is 75.7 Å². The summed E-state index contributed by atoms with van der Waals surface area (Å²) in [7, 11) is 2.98. The summed E-state index contributed by atoms with van der Waals surface area (Å²) in [6.45, 7) is 0. The largest absolute Gasteiger partial charge is 0.469 e. The first-order valence-electron chi connectivity index (χ1n) is 5.80. The van der Waals surface area contributed by atoms with Gasteiger partial charge in [-0.05, 0) is 23.8 Å². The Morgan fingerprint density at radius 3 is 2.79 bits per heavy atom. The smallest absolute Gasteiger partial charge is 0.315 e. The van der Waals surface area contributed by atoms with Crippen molar-refractivity contribution in [3.05, 3.63) is 23.8 Å². The number of carbonyl (C=O) groups is 3. The van der Waals surface area contributed by atoms with Crippen LogP contribution in [0.25, 0.3) is 0 Å². The minimum absolute atomic E-state index is 0.164. The Labute approximate surface area is 110 Å². The highest BCUT2D eigenvalue weighted by atomic mass is 16.5. The third kappa shape index (κ3) is 2.42. The minimum atomic E-state index is -0.655. The number of esters is 1. The van der Waals surface area contributed by atoms with Gasteiger partial charge in [-0.25, -0.2) is 4.90 Å². The first-order chi connectivity index (χ1) is 9.06. The Kier molecular flexibility index (Phi) is 3.50. The molecule has 0 bridgehead atoms. The third-order valence-electron chi connectivity index (χ3n) is 2.97. The quantitative estimate of drug-likeness (QED) is 0.641. The zero-order valence-corrected chi connectivity index (χ0v) is 10.7. The third-order valence-corrected chi connectivity index (χ3v) is 2.97. The van der Waals surface area contributed by atoms with Gasteiger partial charge < -0.3 is 10.1 Å². The van der Waals surface area contributed by atoms with Crippen molar-refractivity contribution in [2.24, 2.45) is 0 Å². The highest BCUT2D eigenvalue weighted by molar-refractivity contribution is 6.22. The molecule has 0 fully saturated rings. The van der Waals surface area contributed by atoms with Gasteiger partial charge in [0.1, 0.15) is 6.42 Å². The SMILES string of the molecule is CNc1ccc2c(c1)CC(=O)N2C(=O)CC(=O)OC. The highest BCUT2D eigenvalue weighted by Crippen LogP contribution is 2.31. The number of rotatable bonds is 3. The molecule has 1 heterocycles. The fraction of sp³-hybridized carbons (Fsp3) is 0.308. The number of anilines is 2. The van der Waals surface area contributed by atoms with Gasteiger partial charge in [-0.15, -0.1) is 0 Å². The molecule has 2 rings (SSSR count). The number of hydrogen-bond donors (Lipinski definition) is 1. The fourth-order valence-corrected chi connectivity index (χ4v) is 2.03. The molecule has 0 aromatic heterocycles. The van der Waals surface area contributed by atoms with Crippen LogP contribution in [0.5, 0.6) is 0 Å². The van der Waals surface area contributed by atoms with Gasteiger partial charge in [0.15, 0.2) is 0 Å². The van der Waals surface area contributed by atoms with Crippen LogP contribution in [-0.4, -0.2) is 31.9 Å². The Morgan fingerprint density at radius 1 is 1.42 bits per heavy atom. The average molecular weight is 262 g/mol. The molecule has 0 aliphatic carbocycles. The van der Waals surface area contributed by atoms with E-state index < -0.39 is 18.3 Å². The number of carbonyl (C=O) groups excluding carboxylic acids is 3. The normalized spacial score (nSPS) is 13.2. The first kappa shape index (κ1) is 13.1. The number of benzene rings is 1. The maximum atomic E-state index is 11.9. The lowest BCUT2D eigenvalue weighted by molar-refractivity contribution is -0.143. The number of methoxy groups -OCH3 is 1. The van der Waals surface area contributed by atoms with Crippen LogP contribution >= 0.6 is 0 Å². The Hall–Kier alpha value is -2.37. The number of nitrogens with one attached hydrogen (secondary N) is 1. The molecule has 1 aromatic rings. The van der Waals surface area contributed by atoms with Gasteiger partial charge in [0.2, 0.25) is 11.8 Å². The Morgan fingerprint density at radius 2 is 2.16 bits per heavy atom. The number of ether oxygens (including phenoxy) is 1. The summed E-state index contributed by atoms with van der Waals surface area (Å²) in [5.74, 6) is -1.54. The van der Waals surface area contributed by atoms with Gasteiger partial charge in [0, 0.05) is 12.7 Å². The molecule has 1 aliphatic rings. The van der Waals surface area contributed by atoms with Crippen LogP contribution < -0.4 is 10.2 Å². The maximum Gasteiger partial charge on any atom is 0.315 e. The van der Waals surface area contributed by atoms with Crippen LogP contribution in [0, 0.1) is 0 Å². The molecular weight excluding hydrogens is 248 g/mol. The number of fused-ring (bicyclic) bond motifs is 1. The van der Waals surface area contributed by atoms with Crippen molar-refractivity contribution in [3.8, 4) is 0 Å². The van der Waals surface area contributed by atoms with Crippen LogP contribution in [0.2, 0.25) is 0 Å². The van der Waals surface area contributed by atoms with E-state index in [1.54, 1.807) is 19.2 Å². The Balaban J connectivity index is 2.27. The predicted molar refractivity (Wildman–Crippen MR) is 68.8 cm³/mol. The van der Waals surface area contributed by atoms with Crippen LogP contribution in [0.15, 0.2) is 18.2 Å². The van der Waals surface area contributed by atoms with Crippen molar-refractivity contribution in [2.45, 2.75) is 12.8 Å². The molecule has 19 heavy (non-hydrogen) atoms. The lowest BCUT2D eigenvalue weighted by Gasteiger charge is -2.15. The number of amides is 2. The second-order valence-corrected chi connectivity index (χ2v) is 4.15. The van der Waals surface area contributed by atoms with Crippen LogP contribution in [0.1, 0.15) is 12.0 Å². The van der Waals surface area contributed by atoms with Gasteiger partial charge in [-0.2, -0.15) is 0 Å². The van der Waals surface area contributed by atoms with Crippen molar-refractivity contribution < 1.29 is 19.1 Å². The van der Waals surface area contributed by atoms with E-state index in [1.807, 2.05) is 6.07 Å². The molecule has 0 saturated heterocycles. The van der Waals surface area contributed by atoms with Crippen molar-refractivity contribution in [3.63, 3.8) is 0 Å². The summed E-state index contributed by atoms with van der Waals surface area (Å²) in [5.41, 5.74) is 2.18. The molecule has 0 radical (unpaired) electrons. The Bertz CT molecular complexity index is 554. The zero-order chi connectivity index (χ0) is 14.0. The highest BCUT2D eigenvalue weighted by Gasteiger charge is 2.33. The van der Waals surface area contributed by atoms with E-state index in [4.69, 9.17) is 0 Å². The molecule has 100 valence electrons. The van der Waals surface area contributed by atoms with E-state index in [-0.39, 0.29) is 12.3 Å². The lowest BCUT2D eigenvalue weighted by atomic mass is 10.1. The van der Waals surface area contributed by atoms with Crippen LogP contribution in [0.3, 0.4) is 0 Å². The van der Waals surface area contributed by atoms with Gasteiger partial charge >= 0.3 is 5.97 Å². The summed E-state index contributed by atoms with van der Waals surface area (Å²) in [4.78, 5) is 36.0. The maximum absolute atomic E-state index is 11.9. The molecule has 0 unspecified atom stereocenters. The summed E-state index contributed by atoms with van der Waals surface area (Å²) in [6, 6.07) is 5.29. The van der Waals surface area contributed by atoms with Crippen molar-refractivity contribution >= 4 is 29.2 Å². The number of hydrogen-bond acceptors (Lipinski definition) is 5. The molecule has 2 amide bonds. The second kappa shape index (κ2) is 5.09. The zero-order valence-electron chi connectivity index (χ0n) is 10.7. The van der Waals surface area contributed by atoms with Crippen LogP contribution in [0.4, 0.5) is 11.4 Å². The lowest BCUT2D eigenvalue weighted by Crippen LogP contribution is -2.35. The van der Waals surface area contributed by atoms with Gasteiger partial charge in [0.05, 0.1) is 19.2 Å². The summed E-state index contributed by atoms with van der Waals surface area (Å²) in [6.07, 6.45) is -0.271. The molecule has 0 saturated carbocycles.